The molecule has 0 bridgehead atoms. The lowest BCUT2D eigenvalue weighted by Gasteiger charge is -2.23. The van der Waals surface area contributed by atoms with E-state index in [1.165, 1.54) is 0 Å². The number of benzene rings is 1. The summed E-state index contributed by atoms with van der Waals surface area (Å²) in [6, 6.07) is 3.50. The maximum absolute atomic E-state index is 12.5. The van der Waals surface area contributed by atoms with E-state index in [0.29, 0.717) is 35.8 Å². The number of hydrogen-bond donors (Lipinski definition) is 3. The van der Waals surface area contributed by atoms with Crippen molar-refractivity contribution < 1.29 is 14.4 Å². The molecule has 7 nitrogen and oxygen atoms in total. The molecule has 2 atom stereocenters. The summed E-state index contributed by atoms with van der Waals surface area (Å²) < 4.78 is 0. The number of carbonyl (C=O) groups is 3. The Bertz CT molecular complexity index is 680. The lowest BCUT2D eigenvalue weighted by molar-refractivity contribution is -0.119. The zero-order chi connectivity index (χ0) is 18.6. The second kappa shape index (κ2) is 8.20. The first-order valence-electron chi connectivity index (χ1n) is 8.30. The Balaban J connectivity index is 2.13. The van der Waals surface area contributed by atoms with Crippen molar-refractivity contribution in [3.63, 3.8) is 0 Å². The summed E-state index contributed by atoms with van der Waals surface area (Å²) in [5.74, 6) is -0.403. The third-order valence-electron chi connectivity index (χ3n) is 4.37. The van der Waals surface area contributed by atoms with Gasteiger partial charge in [0.2, 0.25) is 11.8 Å². The van der Waals surface area contributed by atoms with E-state index in [1.54, 1.807) is 23.1 Å². The van der Waals surface area contributed by atoms with Crippen molar-refractivity contribution in [2.45, 2.75) is 39.2 Å². The Morgan fingerprint density at radius 2 is 2.12 bits per heavy atom. The van der Waals surface area contributed by atoms with E-state index in [-0.39, 0.29) is 17.7 Å². The minimum absolute atomic E-state index is 0.0428. The van der Waals surface area contributed by atoms with Crippen molar-refractivity contribution in [1.29, 1.82) is 0 Å². The number of anilines is 2. The summed E-state index contributed by atoms with van der Waals surface area (Å²) in [5.41, 5.74) is 6.28. The molecule has 1 aromatic carbocycles. The molecule has 1 heterocycles. The Morgan fingerprint density at radius 3 is 2.64 bits per heavy atom. The molecule has 8 heteroatoms. The van der Waals surface area contributed by atoms with Crippen molar-refractivity contribution >= 4 is 40.8 Å². The zero-order valence-electron chi connectivity index (χ0n) is 14.3. The van der Waals surface area contributed by atoms with Crippen LogP contribution in [-0.2, 0) is 9.59 Å². The topological polar surface area (TPSA) is 105 Å². The molecule has 0 radical (unpaired) electrons. The Kier molecular flexibility index (Phi) is 6.25. The average molecular weight is 367 g/mol. The van der Waals surface area contributed by atoms with Crippen LogP contribution in [0.4, 0.5) is 16.2 Å². The Morgan fingerprint density at radius 1 is 1.40 bits per heavy atom. The fourth-order valence-corrected chi connectivity index (χ4v) is 3.06. The van der Waals surface area contributed by atoms with Crippen LogP contribution >= 0.6 is 11.6 Å². The molecule has 2 rings (SSSR count). The van der Waals surface area contributed by atoms with Crippen LogP contribution in [0.5, 0.6) is 0 Å². The molecule has 136 valence electrons. The highest BCUT2D eigenvalue weighted by molar-refractivity contribution is 6.34. The summed E-state index contributed by atoms with van der Waals surface area (Å²) >= 11 is 6.28. The van der Waals surface area contributed by atoms with Crippen LogP contribution in [0, 0.1) is 5.92 Å². The van der Waals surface area contributed by atoms with E-state index in [4.69, 9.17) is 17.3 Å². The summed E-state index contributed by atoms with van der Waals surface area (Å²) in [7, 11) is 0. The number of halogens is 1. The van der Waals surface area contributed by atoms with Gasteiger partial charge >= 0.3 is 6.03 Å². The van der Waals surface area contributed by atoms with E-state index in [1.807, 2.05) is 13.8 Å². The van der Waals surface area contributed by atoms with Gasteiger partial charge in [-0.25, -0.2) is 4.79 Å². The number of rotatable bonds is 6. The standard InChI is InChI=1S/C17H23ClN4O3/c1-3-10(2)15(21-17(19)25)16(24)20-11-6-7-13(12(18)9-11)22-8-4-5-14(22)23/h6-7,9-10,15H,3-5,8H2,1-2H3,(H,20,24)(H3,19,21,25)/t10-,15+/m0/s1. The van der Waals surface area contributed by atoms with Crippen molar-refractivity contribution in [1.82, 2.24) is 5.32 Å². The lowest BCUT2D eigenvalue weighted by Crippen LogP contribution is -2.49. The summed E-state index contributed by atoms with van der Waals surface area (Å²) in [5, 5.41) is 5.59. The second-order valence-electron chi connectivity index (χ2n) is 6.18. The van der Waals surface area contributed by atoms with E-state index in [2.05, 4.69) is 10.6 Å². The van der Waals surface area contributed by atoms with Crippen LogP contribution in [0.2, 0.25) is 5.02 Å². The molecule has 1 aliphatic rings. The van der Waals surface area contributed by atoms with Gasteiger partial charge in [0.05, 0.1) is 10.7 Å². The zero-order valence-corrected chi connectivity index (χ0v) is 15.1. The van der Waals surface area contributed by atoms with Gasteiger partial charge in [-0.05, 0) is 30.5 Å². The lowest BCUT2D eigenvalue weighted by atomic mass is 9.98. The number of urea groups is 1. The van der Waals surface area contributed by atoms with Crippen LogP contribution in [0.25, 0.3) is 0 Å². The summed E-state index contributed by atoms with van der Waals surface area (Å²) in [6.07, 6.45) is 2.03. The monoisotopic (exact) mass is 366 g/mol. The third-order valence-corrected chi connectivity index (χ3v) is 4.68. The number of nitrogens with zero attached hydrogens (tertiary/aromatic N) is 1. The fraction of sp³-hybridized carbons (Fsp3) is 0.471. The van der Waals surface area contributed by atoms with Crippen molar-refractivity contribution in [3.05, 3.63) is 23.2 Å². The normalized spacial score (nSPS) is 16.4. The highest BCUT2D eigenvalue weighted by Gasteiger charge is 2.26. The summed E-state index contributed by atoms with van der Waals surface area (Å²) in [4.78, 5) is 37.1. The van der Waals surface area contributed by atoms with Gasteiger partial charge in [0.1, 0.15) is 6.04 Å². The minimum atomic E-state index is -0.749. The summed E-state index contributed by atoms with van der Waals surface area (Å²) in [6.45, 7) is 4.42. The van der Waals surface area contributed by atoms with Gasteiger partial charge in [-0.1, -0.05) is 31.9 Å². The van der Waals surface area contributed by atoms with Gasteiger partial charge in [-0.15, -0.1) is 0 Å². The molecule has 0 saturated carbocycles. The number of hydrogen-bond acceptors (Lipinski definition) is 3. The number of primary amides is 1. The molecule has 1 aliphatic heterocycles. The van der Waals surface area contributed by atoms with Gasteiger partial charge in [0, 0.05) is 18.7 Å². The van der Waals surface area contributed by atoms with Gasteiger partial charge in [0.15, 0.2) is 0 Å². The van der Waals surface area contributed by atoms with Crippen LogP contribution in [0.1, 0.15) is 33.1 Å². The third kappa shape index (κ3) is 4.63. The Labute approximate surface area is 151 Å². The van der Waals surface area contributed by atoms with E-state index in [0.717, 1.165) is 6.42 Å². The predicted octanol–water partition coefficient (Wildman–Crippen LogP) is 2.49. The highest BCUT2D eigenvalue weighted by Crippen LogP contribution is 2.31. The minimum Gasteiger partial charge on any atom is -0.352 e. The number of carbonyl (C=O) groups excluding carboxylic acids is 3. The first-order chi connectivity index (χ1) is 11.8. The first-order valence-corrected chi connectivity index (χ1v) is 8.68. The number of nitrogens with one attached hydrogen (secondary N) is 2. The van der Waals surface area contributed by atoms with Gasteiger partial charge < -0.3 is 21.3 Å². The van der Waals surface area contributed by atoms with Crippen LogP contribution in [0.15, 0.2) is 18.2 Å². The quantitative estimate of drug-likeness (QED) is 0.720. The van der Waals surface area contributed by atoms with Gasteiger partial charge in [0.25, 0.3) is 0 Å². The SMILES string of the molecule is CC[C@H](C)[C@@H](NC(N)=O)C(=O)Nc1ccc(N2CCCC2=O)c(Cl)c1. The highest BCUT2D eigenvalue weighted by atomic mass is 35.5. The number of amides is 4. The van der Waals surface area contributed by atoms with Crippen molar-refractivity contribution in [3.8, 4) is 0 Å². The van der Waals surface area contributed by atoms with Crippen molar-refractivity contribution in [2.24, 2.45) is 11.7 Å². The molecule has 1 aromatic rings. The maximum atomic E-state index is 12.5. The van der Waals surface area contributed by atoms with Crippen LogP contribution in [-0.4, -0.2) is 30.4 Å². The molecule has 0 aliphatic carbocycles. The second-order valence-corrected chi connectivity index (χ2v) is 6.58. The molecular formula is C17H23ClN4O3. The van der Waals surface area contributed by atoms with Crippen molar-refractivity contribution in [2.75, 3.05) is 16.8 Å². The van der Waals surface area contributed by atoms with E-state index >= 15 is 0 Å². The van der Waals surface area contributed by atoms with E-state index in [9.17, 15) is 14.4 Å². The average Bonchev–Trinajstić information content (AvgIpc) is 2.97. The van der Waals surface area contributed by atoms with E-state index < -0.39 is 12.1 Å². The van der Waals surface area contributed by atoms with Gasteiger partial charge in [-0.2, -0.15) is 0 Å². The molecule has 1 fully saturated rings. The molecule has 4 N–H and O–H groups in total. The van der Waals surface area contributed by atoms with Gasteiger partial charge in [-0.3, -0.25) is 9.59 Å². The molecule has 25 heavy (non-hydrogen) atoms. The molecular weight excluding hydrogens is 344 g/mol. The maximum Gasteiger partial charge on any atom is 0.312 e. The number of nitrogens with two attached hydrogens (primary N) is 1. The molecule has 0 aromatic heterocycles. The molecule has 0 spiro atoms. The first kappa shape index (κ1) is 19.1. The molecule has 4 amide bonds. The smallest absolute Gasteiger partial charge is 0.312 e. The molecule has 0 unspecified atom stereocenters. The molecule has 1 saturated heterocycles. The predicted molar refractivity (Wildman–Crippen MR) is 97.6 cm³/mol. The van der Waals surface area contributed by atoms with Crippen LogP contribution in [0.3, 0.4) is 0 Å². The largest absolute Gasteiger partial charge is 0.352 e. The fourth-order valence-electron chi connectivity index (χ4n) is 2.78. The van der Waals surface area contributed by atoms with Crippen LogP contribution < -0.4 is 21.3 Å². The Hall–Kier alpha value is -2.28.